The van der Waals surface area contributed by atoms with Gasteiger partial charge in [-0.2, -0.15) is 0 Å². The van der Waals surface area contributed by atoms with E-state index in [1.807, 2.05) is 30.3 Å². The van der Waals surface area contributed by atoms with Gasteiger partial charge in [0.05, 0.1) is 22.2 Å². The number of fused-ring (bicyclic) bond motifs is 1. The molecular weight excluding hydrogens is 541 g/mol. The minimum Gasteiger partial charge on any atom is -0.480 e. The molecule has 2 aromatic carbocycles. The summed E-state index contributed by atoms with van der Waals surface area (Å²) >= 11 is 12.9. The third-order valence-electron chi connectivity index (χ3n) is 6.79. The van der Waals surface area contributed by atoms with E-state index in [0.717, 1.165) is 18.4 Å². The van der Waals surface area contributed by atoms with E-state index in [2.05, 4.69) is 17.2 Å². The largest absolute Gasteiger partial charge is 0.480 e. The number of rotatable bonds is 9. The SMILES string of the molecule is CN(Cc1ccccc1)C(=O)CC[C@H](NC(=O)c1c(Cl)cc2c(c1Cl)CCN(CC#CC1CC1)C2=O)C(=O)O. The van der Waals surface area contributed by atoms with Gasteiger partial charge in [0.1, 0.15) is 6.04 Å². The second-order valence-corrected chi connectivity index (χ2v) is 10.6. The summed E-state index contributed by atoms with van der Waals surface area (Å²) in [5.41, 5.74) is 1.65. The van der Waals surface area contributed by atoms with Crippen molar-refractivity contribution in [1.82, 2.24) is 15.1 Å². The Bertz CT molecular complexity index is 1350. The lowest BCUT2D eigenvalue weighted by Gasteiger charge is -2.28. The van der Waals surface area contributed by atoms with E-state index in [1.165, 1.54) is 11.0 Å². The van der Waals surface area contributed by atoms with E-state index in [1.54, 1.807) is 11.9 Å². The van der Waals surface area contributed by atoms with Gasteiger partial charge in [-0.1, -0.05) is 65.4 Å². The normalized spacial score (nSPS) is 15.1. The highest BCUT2D eigenvalue weighted by Crippen LogP contribution is 2.35. The fourth-order valence-corrected chi connectivity index (χ4v) is 5.10. The number of carboxylic acids is 1. The van der Waals surface area contributed by atoms with Crippen molar-refractivity contribution in [3.63, 3.8) is 0 Å². The molecule has 0 saturated heterocycles. The molecule has 0 aromatic heterocycles. The third kappa shape index (κ3) is 7.11. The molecule has 3 amide bonds. The molecule has 1 atom stereocenters. The molecule has 204 valence electrons. The molecule has 2 N–H and O–H groups in total. The van der Waals surface area contributed by atoms with Gasteiger partial charge < -0.3 is 20.2 Å². The molecule has 2 aliphatic rings. The van der Waals surface area contributed by atoms with E-state index in [-0.39, 0.29) is 40.3 Å². The average molecular weight is 570 g/mol. The Kier molecular flexibility index (Phi) is 9.16. The van der Waals surface area contributed by atoms with Crippen molar-refractivity contribution in [3.8, 4) is 11.8 Å². The van der Waals surface area contributed by atoms with E-state index < -0.39 is 17.9 Å². The first-order valence-corrected chi connectivity index (χ1v) is 13.5. The second kappa shape index (κ2) is 12.5. The minimum absolute atomic E-state index is 0.0230. The van der Waals surface area contributed by atoms with Crippen LogP contribution in [0.15, 0.2) is 36.4 Å². The number of benzene rings is 2. The van der Waals surface area contributed by atoms with Gasteiger partial charge in [0.25, 0.3) is 11.8 Å². The van der Waals surface area contributed by atoms with Crippen LogP contribution in [0.1, 0.15) is 57.5 Å². The van der Waals surface area contributed by atoms with Gasteiger partial charge in [0, 0.05) is 38.0 Å². The molecule has 0 spiro atoms. The molecule has 2 aromatic rings. The summed E-state index contributed by atoms with van der Waals surface area (Å²) in [6.45, 7) is 1.09. The molecule has 1 aliphatic heterocycles. The number of aliphatic carboxylic acids is 1. The Morgan fingerprint density at radius 1 is 1.21 bits per heavy atom. The molecule has 0 radical (unpaired) electrons. The van der Waals surface area contributed by atoms with Crippen molar-refractivity contribution >= 4 is 46.9 Å². The number of hydrogen-bond acceptors (Lipinski definition) is 4. The first-order chi connectivity index (χ1) is 18.7. The number of hydrogen-bond donors (Lipinski definition) is 2. The minimum atomic E-state index is -1.34. The smallest absolute Gasteiger partial charge is 0.326 e. The van der Waals surface area contributed by atoms with Crippen molar-refractivity contribution in [3.05, 3.63) is 68.7 Å². The molecule has 1 aliphatic carbocycles. The average Bonchev–Trinajstić information content (AvgIpc) is 3.73. The highest BCUT2D eigenvalue weighted by atomic mass is 35.5. The predicted molar refractivity (Wildman–Crippen MR) is 148 cm³/mol. The van der Waals surface area contributed by atoms with E-state index in [0.29, 0.717) is 43.1 Å². The summed E-state index contributed by atoms with van der Waals surface area (Å²) in [5, 5.41) is 12.1. The van der Waals surface area contributed by atoms with Crippen molar-refractivity contribution in [1.29, 1.82) is 0 Å². The van der Waals surface area contributed by atoms with Gasteiger partial charge in [0.2, 0.25) is 5.91 Å². The van der Waals surface area contributed by atoms with Crippen LogP contribution in [0.2, 0.25) is 10.0 Å². The van der Waals surface area contributed by atoms with Crippen LogP contribution in [0, 0.1) is 17.8 Å². The molecule has 39 heavy (non-hydrogen) atoms. The van der Waals surface area contributed by atoms with Crippen LogP contribution in [0.3, 0.4) is 0 Å². The molecule has 4 rings (SSSR count). The Labute approximate surface area is 237 Å². The van der Waals surface area contributed by atoms with Crippen LogP contribution in [-0.2, 0) is 22.6 Å². The summed E-state index contributed by atoms with van der Waals surface area (Å²) in [4.78, 5) is 53.7. The molecular formula is C29H29Cl2N3O5. The van der Waals surface area contributed by atoms with Gasteiger partial charge >= 0.3 is 5.97 Å². The standard InChI is InChI=1S/C29H29Cl2N3O5/c1-33(17-19-6-3-2-4-7-19)24(35)12-11-23(29(38)39)32-27(36)25-22(30)16-21-20(26(25)31)13-15-34(28(21)37)14-5-8-18-9-10-18/h2-4,6-7,16,18,23H,9-15,17H2,1H3,(H,32,36)(H,38,39)/t23-/m0/s1. The quantitative estimate of drug-likeness (QED) is 0.443. The first kappa shape index (κ1) is 28.5. The number of nitrogens with one attached hydrogen (secondary N) is 1. The molecule has 0 bridgehead atoms. The molecule has 1 heterocycles. The van der Waals surface area contributed by atoms with Crippen LogP contribution >= 0.6 is 23.2 Å². The molecule has 0 unspecified atom stereocenters. The zero-order chi connectivity index (χ0) is 28.1. The van der Waals surface area contributed by atoms with Gasteiger partial charge in [-0.3, -0.25) is 14.4 Å². The molecule has 1 fully saturated rings. The van der Waals surface area contributed by atoms with Crippen molar-refractivity contribution < 1.29 is 24.3 Å². The van der Waals surface area contributed by atoms with Gasteiger partial charge in [0.15, 0.2) is 0 Å². The first-order valence-electron chi connectivity index (χ1n) is 12.8. The van der Waals surface area contributed by atoms with Crippen molar-refractivity contribution in [2.75, 3.05) is 20.1 Å². The third-order valence-corrected chi connectivity index (χ3v) is 7.50. The van der Waals surface area contributed by atoms with Gasteiger partial charge in [-0.25, -0.2) is 4.79 Å². The van der Waals surface area contributed by atoms with E-state index in [9.17, 15) is 24.3 Å². The summed E-state index contributed by atoms with van der Waals surface area (Å²) in [6.07, 6.45) is 2.41. The second-order valence-electron chi connectivity index (χ2n) is 9.78. The Hall–Kier alpha value is -3.54. The van der Waals surface area contributed by atoms with E-state index >= 15 is 0 Å². The van der Waals surface area contributed by atoms with Gasteiger partial charge in [-0.05, 0) is 42.9 Å². The summed E-state index contributed by atoms with van der Waals surface area (Å²) in [7, 11) is 1.64. The van der Waals surface area contributed by atoms with E-state index in [4.69, 9.17) is 23.2 Å². The van der Waals surface area contributed by atoms with Crippen LogP contribution in [0.4, 0.5) is 0 Å². The maximum atomic E-state index is 13.1. The zero-order valence-electron chi connectivity index (χ0n) is 21.5. The van der Waals surface area contributed by atoms with Crippen LogP contribution < -0.4 is 5.32 Å². The molecule has 10 heteroatoms. The van der Waals surface area contributed by atoms with Crippen molar-refractivity contribution in [2.45, 2.75) is 44.7 Å². The maximum Gasteiger partial charge on any atom is 0.326 e. The zero-order valence-corrected chi connectivity index (χ0v) is 23.0. The number of nitrogens with zero attached hydrogens (tertiary/aromatic N) is 2. The summed E-state index contributed by atoms with van der Waals surface area (Å²) in [5.74, 6) is 4.03. The Balaban J connectivity index is 1.41. The number of halogens is 2. The topological polar surface area (TPSA) is 107 Å². The molecule has 1 saturated carbocycles. The lowest BCUT2D eigenvalue weighted by atomic mass is 9.95. The van der Waals surface area contributed by atoms with Crippen LogP contribution in [0.5, 0.6) is 0 Å². The number of amides is 3. The number of carboxylic acid groups (broad SMARTS) is 1. The monoisotopic (exact) mass is 569 g/mol. The lowest BCUT2D eigenvalue weighted by Crippen LogP contribution is -2.42. The Morgan fingerprint density at radius 2 is 1.92 bits per heavy atom. The highest BCUT2D eigenvalue weighted by Gasteiger charge is 2.31. The van der Waals surface area contributed by atoms with Crippen molar-refractivity contribution in [2.24, 2.45) is 5.92 Å². The molecule has 8 nitrogen and oxygen atoms in total. The lowest BCUT2D eigenvalue weighted by molar-refractivity contribution is -0.139. The summed E-state index contributed by atoms with van der Waals surface area (Å²) < 4.78 is 0. The number of carbonyl (C=O) groups excluding carboxylic acids is 3. The van der Waals surface area contributed by atoms with Crippen LogP contribution in [0.25, 0.3) is 0 Å². The predicted octanol–water partition coefficient (Wildman–Crippen LogP) is 4.03. The number of carbonyl (C=O) groups is 4. The van der Waals surface area contributed by atoms with Gasteiger partial charge in [-0.15, -0.1) is 0 Å². The fourth-order valence-electron chi connectivity index (χ4n) is 4.38. The summed E-state index contributed by atoms with van der Waals surface area (Å²) in [6, 6.07) is 9.48. The maximum absolute atomic E-state index is 13.1. The fraction of sp³-hybridized carbons (Fsp3) is 0.379. The highest BCUT2D eigenvalue weighted by molar-refractivity contribution is 6.41. The Morgan fingerprint density at radius 3 is 2.59 bits per heavy atom. The van der Waals surface area contributed by atoms with Crippen LogP contribution in [-0.4, -0.2) is 64.8 Å².